The van der Waals surface area contributed by atoms with Crippen LogP contribution in [0.2, 0.25) is 0 Å². The number of nitrogens with one attached hydrogen (secondary N) is 1. The highest BCUT2D eigenvalue weighted by atomic mass is 79.9. The number of likely N-dealkylation sites (N-methyl/N-ethyl adjacent to an activating group) is 1. The van der Waals surface area contributed by atoms with E-state index in [1.807, 2.05) is 12.1 Å². The maximum Gasteiger partial charge on any atom is 0.246 e. The third-order valence-corrected chi connectivity index (χ3v) is 7.05. The normalized spacial score (nSPS) is 11.8. The highest BCUT2D eigenvalue weighted by molar-refractivity contribution is 9.11. The molecular formula is C20H19BrN2O4S2. The van der Waals surface area contributed by atoms with Crippen molar-refractivity contribution < 1.29 is 17.6 Å². The molecule has 0 aliphatic rings. The van der Waals surface area contributed by atoms with Crippen molar-refractivity contribution in [1.29, 1.82) is 0 Å². The minimum absolute atomic E-state index is 0.0820. The average molecular weight is 495 g/mol. The zero-order valence-corrected chi connectivity index (χ0v) is 18.8. The van der Waals surface area contributed by atoms with E-state index < -0.39 is 10.0 Å². The number of rotatable bonds is 8. The van der Waals surface area contributed by atoms with Gasteiger partial charge in [0.1, 0.15) is 5.76 Å². The van der Waals surface area contributed by atoms with Crippen molar-refractivity contribution in [2.24, 2.45) is 0 Å². The lowest BCUT2D eigenvalue weighted by Crippen LogP contribution is -2.23. The molecule has 0 spiro atoms. The number of hydrogen-bond acceptors (Lipinski definition) is 5. The van der Waals surface area contributed by atoms with Gasteiger partial charge >= 0.3 is 0 Å². The molecule has 3 rings (SSSR count). The molecule has 9 heteroatoms. The molecule has 2 aromatic heterocycles. The second-order valence-corrected chi connectivity index (χ2v) is 10.5. The largest absolute Gasteiger partial charge is 0.468 e. The van der Waals surface area contributed by atoms with Crippen molar-refractivity contribution in [2.45, 2.75) is 18.0 Å². The summed E-state index contributed by atoms with van der Waals surface area (Å²) < 4.78 is 33.3. The lowest BCUT2D eigenvalue weighted by atomic mass is 10.2. The van der Waals surface area contributed by atoms with Crippen LogP contribution in [0.25, 0.3) is 6.08 Å². The Balaban J connectivity index is 1.58. The van der Waals surface area contributed by atoms with Crippen LogP contribution in [0.5, 0.6) is 0 Å². The third kappa shape index (κ3) is 6.14. The summed E-state index contributed by atoms with van der Waals surface area (Å²) in [5.74, 6) is 0.400. The molecule has 0 atom stereocenters. The Labute approximate surface area is 182 Å². The summed E-state index contributed by atoms with van der Waals surface area (Å²) in [6, 6.07) is 13.6. The average Bonchev–Trinajstić information content (AvgIpc) is 3.36. The maximum atomic E-state index is 12.3. The van der Waals surface area contributed by atoms with Crippen molar-refractivity contribution in [2.75, 3.05) is 7.05 Å². The maximum absolute atomic E-state index is 12.3. The first kappa shape index (κ1) is 21.5. The molecule has 0 unspecified atom stereocenters. The second kappa shape index (κ2) is 9.53. The third-order valence-electron chi connectivity index (χ3n) is 4.02. The van der Waals surface area contributed by atoms with Crippen molar-refractivity contribution in [3.05, 3.63) is 80.9 Å². The molecule has 1 N–H and O–H groups in total. The lowest BCUT2D eigenvalue weighted by Gasteiger charge is -2.13. The molecule has 0 bridgehead atoms. The Hall–Kier alpha value is -2.20. The number of nitrogens with zero attached hydrogens (tertiary/aromatic N) is 1. The van der Waals surface area contributed by atoms with Crippen LogP contribution < -0.4 is 4.72 Å². The first-order valence-corrected chi connectivity index (χ1v) is 11.7. The van der Waals surface area contributed by atoms with Gasteiger partial charge in [-0.3, -0.25) is 4.79 Å². The summed E-state index contributed by atoms with van der Waals surface area (Å²) in [5, 5.41) is 0. The van der Waals surface area contributed by atoms with Crippen LogP contribution >= 0.6 is 27.3 Å². The molecule has 152 valence electrons. The fourth-order valence-electron chi connectivity index (χ4n) is 2.46. The standard InChI is InChI=1S/C20H19BrN2O4S2/c1-23(14-17-7-10-19(21)28-17)20(24)11-6-15-4-8-18(9-5-15)29(25,26)22-13-16-3-2-12-27-16/h2-12,22H,13-14H2,1H3/b11-6+. The van der Waals surface area contributed by atoms with Crippen LogP contribution in [0.3, 0.4) is 0 Å². The summed E-state index contributed by atoms with van der Waals surface area (Å²) in [7, 11) is -1.91. The predicted molar refractivity (Wildman–Crippen MR) is 117 cm³/mol. The van der Waals surface area contributed by atoms with Gasteiger partial charge in [0.25, 0.3) is 0 Å². The molecule has 1 amide bonds. The molecule has 6 nitrogen and oxygen atoms in total. The van der Waals surface area contributed by atoms with Crippen molar-refractivity contribution >= 4 is 49.3 Å². The Kier molecular flexibility index (Phi) is 7.07. The molecular weight excluding hydrogens is 476 g/mol. The number of thiophene rings is 1. The van der Waals surface area contributed by atoms with Gasteiger partial charge in [-0.05, 0) is 64.0 Å². The number of carbonyl (C=O) groups is 1. The topological polar surface area (TPSA) is 79.6 Å². The van der Waals surface area contributed by atoms with E-state index in [9.17, 15) is 13.2 Å². The first-order valence-electron chi connectivity index (χ1n) is 8.63. The second-order valence-electron chi connectivity index (χ2n) is 6.21. The zero-order valence-electron chi connectivity index (χ0n) is 15.5. The SMILES string of the molecule is CN(Cc1ccc(Br)s1)C(=O)/C=C/c1ccc(S(=O)(=O)NCc2ccco2)cc1. The Bertz CT molecular complexity index is 1090. The highest BCUT2D eigenvalue weighted by Gasteiger charge is 2.14. The smallest absolute Gasteiger partial charge is 0.246 e. The number of carbonyl (C=O) groups excluding carboxylic acids is 1. The van der Waals surface area contributed by atoms with E-state index in [0.29, 0.717) is 12.3 Å². The highest BCUT2D eigenvalue weighted by Crippen LogP contribution is 2.23. The van der Waals surface area contributed by atoms with E-state index >= 15 is 0 Å². The van der Waals surface area contributed by atoms with E-state index in [2.05, 4.69) is 20.7 Å². The van der Waals surface area contributed by atoms with Gasteiger partial charge in [0.15, 0.2) is 0 Å². The summed E-state index contributed by atoms with van der Waals surface area (Å²) in [6.45, 7) is 0.608. The Morgan fingerprint density at radius 2 is 1.97 bits per heavy atom. The van der Waals surface area contributed by atoms with Crippen LogP contribution in [-0.2, 0) is 27.9 Å². The quantitative estimate of drug-likeness (QED) is 0.474. The molecule has 1 aromatic carbocycles. The summed E-state index contributed by atoms with van der Waals surface area (Å²) >= 11 is 4.99. The van der Waals surface area contributed by atoms with Gasteiger partial charge in [0.05, 0.1) is 28.0 Å². The van der Waals surface area contributed by atoms with Gasteiger partial charge in [-0.25, -0.2) is 13.1 Å². The van der Waals surface area contributed by atoms with Crippen LogP contribution in [0.4, 0.5) is 0 Å². The fraction of sp³-hybridized carbons (Fsp3) is 0.150. The molecule has 0 saturated carbocycles. The van der Waals surface area contributed by atoms with Gasteiger partial charge in [-0.15, -0.1) is 11.3 Å². The summed E-state index contributed by atoms with van der Waals surface area (Å²) in [4.78, 5) is 15.1. The molecule has 0 aliphatic heterocycles. The van der Waals surface area contributed by atoms with Gasteiger partial charge in [-0.1, -0.05) is 12.1 Å². The van der Waals surface area contributed by atoms with Crippen LogP contribution in [0.1, 0.15) is 16.2 Å². The molecule has 0 saturated heterocycles. The monoisotopic (exact) mass is 494 g/mol. The van der Waals surface area contributed by atoms with Crippen molar-refractivity contribution in [1.82, 2.24) is 9.62 Å². The van der Waals surface area contributed by atoms with Gasteiger partial charge in [0, 0.05) is 18.0 Å². The van der Waals surface area contributed by atoms with Gasteiger partial charge < -0.3 is 9.32 Å². The molecule has 0 radical (unpaired) electrons. The number of amides is 1. The minimum Gasteiger partial charge on any atom is -0.468 e. The number of hydrogen-bond donors (Lipinski definition) is 1. The van der Waals surface area contributed by atoms with Gasteiger partial charge in [0.2, 0.25) is 15.9 Å². The predicted octanol–water partition coefficient (Wildman–Crippen LogP) is 4.25. The van der Waals surface area contributed by atoms with Gasteiger partial charge in [-0.2, -0.15) is 0 Å². The van der Waals surface area contributed by atoms with E-state index in [-0.39, 0.29) is 17.3 Å². The number of benzene rings is 1. The van der Waals surface area contributed by atoms with Crippen molar-refractivity contribution in [3.63, 3.8) is 0 Å². The minimum atomic E-state index is -3.64. The van der Waals surface area contributed by atoms with E-state index in [4.69, 9.17) is 4.42 Å². The molecule has 3 aromatic rings. The lowest BCUT2D eigenvalue weighted by molar-refractivity contribution is -0.125. The summed E-state index contributed by atoms with van der Waals surface area (Å²) in [6.07, 6.45) is 4.63. The van der Waals surface area contributed by atoms with E-state index in [1.165, 1.54) is 24.5 Å². The fourth-order valence-corrected chi connectivity index (χ4v) is 4.99. The molecule has 0 aliphatic carbocycles. The van der Waals surface area contributed by atoms with Crippen LogP contribution in [-0.4, -0.2) is 26.3 Å². The van der Waals surface area contributed by atoms with Crippen molar-refractivity contribution in [3.8, 4) is 0 Å². The first-order chi connectivity index (χ1) is 13.8. The number of sulfonamides is 1. The van der Waals surface area contributed by atoms with Crippen LogP contribution in [0.15, 0.2) is 74.0 Å². The van der Waals surface area contributed by atoms with E-state index in [1.54, 1.807) is 53.6 Å². The zero-order chi connectivity index (χ0) is 20.9. The number of halogens is 1. The number of furan rings is 1. The Morgan fingerprint density at radius 1 is 1.21 bits per heavy atom. The molecule has 0 fully saturated rings. The molecule has 29 heavy (non-hydrogen) atoms. The van der Waals surface area contributed by atoms with Crippen LogP contribution in [0, 0.1) is 0 Å². The summed E-state index contributed by atoms with van der Waals surface area (Å²) in [5.41, 5.74) is 0.732. The molecule has 2 heterocycles. The van der Waals surface area contributed by atoms with E-state index in [0.717, 1.165) is 14.2 Å². The Morgan fingerprint density at radius 3 is 2.59 bits per heavy atom.